The highest BCUT2D eigenvalue weighted by atomic mass is 79.9. The molecule has 1 saturated heterocycles. The van der Waals surface area contributed by atoms with E-state index in [4.69, 9.17) is 27.4 Å². The van der Waals surface area contributed by atoms with E-state index in [2.05, 4.69) is 42.4 Å². The van der Waals surface area contributed by atoms with Crippen molar-refractivity contribution in [3.63, 3.8) is 0 Å². The van der Waals surface area contributed by atoms with E-state index in [1.54, 1.807) is 16.7 Å². The van der Waals surface area contributed by atoms with Gasteiger partial charge in [0, 0.05) is 23.5 Å². The Bertz CT molecular complexity index is 1380. The second-order valence-electron chi connectivity index (χ2n) is 13.4. The van der Waals surface area contributed by atoms with Gasteiger partial charge in [0.25, 0.3) is 0 Å². The number of nitrogens with one attached hydrogen (secondary N) is 1. The van der Waals surface area contributed by atoms with Gasteiger partial charge in [0.2, 0.25) is 0 Å². The van der Waals surface area contributed by atoms with Crippen LogP contribution in [-0.4, -0.2) is 68.1 Å². The third-order valence-corrected chi connectivity index (χ3v) is 10.9. The van der Waals surface area contributed by atoms with Gasteiger partial charge in [-0.25, -0.2) is 4.79 Å². The number of piperidine rings is 1. The van der Waals surface area contributed by atoms with Crippen molar-refractivity contribution in [1.29, 1.82) is 0 Å². The number of likely N-dealkylation sites (tertiary alicyclic amines) is 1. The van der Waals surface area contributed by atoms with Crippen LogP contribution in [0.5, 0.6) is 5.75 Å². The Hall–Kier alpha value is -2.20. The molecule has 1 heterocycles. The monoisotopic (exact) mass is 808 g/mol. The molecule has 2 unspecified atom stereocenters. The Morgan fingerprint density at radius 1 is 1.10 bits per heavy atom. The zero-order valence-electron chi connectivity index (χ0n) is 30.8. The molecule has 2 atom stereocenters. The van der Waals surface area contributed by atoms with E-state index in [0.29, 0.717) is 28.7 Å². The van der Waals surface area contributed by atoms with Gasteiger partial charge >= 0.3 is 6.09 Å². The van der Waals surface area contributed by atoms with E-state index in [0.717, 1.165) is 42.0 Å². The molecular weight excluding hydrogens is 751 g/mol. The number of thiocarbonyl (C=S) groups is 1. The highest BCUT2D eigenvalue weighted by Crippen LogP contribution is 2.37. The third-order valence-electron chi connectivity index (χ3n) is 8.04. The SMILES string of the molecule is CC.CC(C)(C)OC(=O)N1CCCC(Oc2ccc(NC(=S)/N=C(\N)SCC3(P)CCCCCC3)cc2)C1.CCc1cccc(C(=O)CBr)c1. The van der Waals surface area contributed by atoms with Gasteiger partial charge in [0.1, 0.15) is 17.5 Å². The Kier molecular flexibility index (Phi) is 19.9. The zero-order valence-corrected chi connectivity index (χ0v) is 35.1. The number of ketones is 1. The summed E-state index contributed by atoms with van der Waals surface area (Å²) in [4.78, 5) is 29.7. The van der Waals surface area contributed by atoms with Crippen molar-refractivity contribution >= 4 is 77.0 Å². The van der Waals surface area contributed by atoms with Crippen LogP contribution in [0.3, 0.4) is 0 Å². The van der Waals surface area contributed by atoms with E-state index in [9.17, 15) is 9.59 Å². The summed E-state index contributed by atoms with van der Waals surface area (Å²) < 4.78 is 11.6. The minimum atomic E-state index is -0.506. The van der Waals surface area contributed by atoms with E-state index >= 15 is 0 Å². The molecular formula is C38H58BrN4O4PS2. The van der Waals surface area contributed by atoms with Crippen LogP contribution in [0.1, 0.15) is 109 Å². The second kappa shape index (κ2) is 22.7. The molecule has 0 radical (unpaired) electrons. The highest BCUT2D eigenvalue weighted by molar-refractivity contribution is 9.09. The fourth-order valence-corrected chi connectivity index (χ4v) is 7.59. The maximum absolute atomic E-state index is 12.4. The van der Waals surface area contributed by atoms with Crippen LogP contribution in [0, 0.1) is 0 Å². The van der Waals surface area contributed by atoms with E-state index in [1.807, 2.05) is 83.1 Å². The number of hydrogen-bond donors (Lipinski definition) is 2. The number of amides is 1. The van der Waals surface area contributed by atoms with Crippen LogP contribution in [0.2, 0.25) is 0 Å². The molecule has 0 spiro atoms. The molecule has 2 aromatic carbocycles. The first kappa shape index (κ1) is 44.0. The van der Waals surface area contributed by atoms with Crippen molar-refractivity contribution in [2.75, 3.05) is 29.5 Å². The number of benzene rings is 2. The summed E-state index contributed by atoms with van der Waals surface area (Å²) in [5.41, 5.74) is 8.48. The molecule has 2 fully saturated rings. The van der Waals surface area contributed by atoms with Crippen molar-refractivity contribution in [3.05, 3.63) is 59.7 Å². The Labute approximate surface area is 321 Å². The number of Topliss-reactive ketones (excluding diaryl/α,β-unsaturated/α-hetero) is 1. The standard InChI is InChI=1S/C26H41N4O3PS2.C10H11BrO.C2H6/c1-25(2,3)33-24(31)30-16-8-9-21(17-30)32-20-12-10-19(11-13-20)28-23(35)29-22(27)36-18-26(34)14-6-4-5-7-15-26;1-2-8-4-3-5-9(6-8)10(12)7-11;1-2/h10-13,21H,4-9,14-18,34H2,1-3H3,(H3,27,28,29,35);3-6H,2,7H2,1H3;1-2H3. The molecule has 2 aliphatic rings. The quantitative estimate of drug-likeness (QED) is 0.0517. The smallest absolute Gasteiger partial charge is 0.410 e. The van der Waals surface area contributed by atoms with Crippen LogP contribution in [0.25, 0.3) is 0 Å². The summed E-state index contributed by atoms with van der Waals surface area (Å²) in [5.74, 6) is 1.83. The minimum Gasteiger partial charge on any atom is -0.489 e. The lowest BCUT2D eigenvalue weighted by molar-refractivity contribution is 0.00775. The van der Waals surface area contributed by atoms with Gasteiger partial charge in [-0.1, -0.05) is 92.3 Å². The van der Waals surface area contributed by atoms with Crippen LogP contribution < -0.4 is 15.8 Å². The van der Waals surface area contributed by atoms with Crippen molar-refractivity contribution in [2.24, 2.45) is 10.7 Å². The molecule has 1 aliphatic heterocycles. The van der Waals surface area contributed by atoms with Gasteiger partial charge in [-0.05, 0) is 106 Å². The molecule has 278 valence electrons. The Morgan fingerprint density at radius 2 is 1.76 bits per heavy atom. The number of carbonyl (C=O) groups is 2. The normalized spacial score (nSPS) is 17.5. The van der Waals surface area contributed by atoms with E-state index < -0.39 is 5.60 Å². The molecule has 0 bridgehead atoms. The van der Waals surface area contributed by atoms with Gasteiger partial charge < -0.3 is 25.4 Å². The maximum Gasteiger partial charge on any atom is 0.410 e. The molecule has 12 heteroatoms. The molecule has 1 saturated carbocycles. The number of alkyl halides is 1. The van der Waals surface area contributed by atoms with E-state index in [-0.39, 0.29) is 23.1 Å². The lowest BCUT2D eigenvalue weighted by atomic mass is 10.0. The average Bonchev–Trinajstić information content (AvgIpc) is 3.33. The summed E-state index contributed by atoms with van der Waals surface area (Å²) >= 11 is 10.1. The second-order valence-corrected chi connectivity index (χ2v) is 16.6. The number of amidine groups is 1. The number of hydrogen-bond acceptors (Lipinski definition) is 6. The summed E-state index contributed by atoms with van der Waals surface area (Å²) in [6.45, 7) is 12.9. The number of thioether (sulfide) groups is 1. The van der Waals surface area contributed by atoms with Crippen LogP contribution in [0.15, 0.2) is 53.5 Å². The first-order chi connectivity index (χ1) is 23.8. The van der Waals surface area contributed by atoms with Gasteiger partial charge in [0.15, 0.2) is 16.1 Å². The summed E-state index contributed by atoms with van der Waals surface area (Å²) in [7, 11) is 3.06. The van der Waals surface area contributed by atoms with Crippen molar-refractivity contribution < 1.29 is 19.1 Å². The number of anilines is 1. The van der Waals surface area contributed by atoms with Crippen LogP contribution in [-0.2, 0) is 11.2 Å². The van der Waals surface area contributed by atoms with Crippen molar-refractivity contribution in [2.45, 2.75) is 116 Å². The molecule has 3 N–H and O–H groups in total. The molecule has 1 amide bonds. The molecule has 50 heavy (non-hydrogen) atoms. The van der Waals surface area contributed by atoms with Crippen LogP contribution >= 0.6 is 49.1 Å². The minimum absolute atomic E-state index is 0.0685. The lowest BCUT2D eigenvalue weighted by Crippen LogP contribution is -2.46. The number of aryl methyl sites for hydroxylation is 1. The number of carbonyl (C=O) groups excluding carboxylic acids is 2. The van der Waals surface area contributed by atoms with Gasteiger partial charge in [-0.3, -0.25) is 4.79 Å². The number of rotatable bonds is 8. The summed E-state index contributed by atoms with van der Waals surface area (Å²) in [6.07, 6.45) is 10.0. The fraction of sp³-hybridized carbons (Fsp3) is 0.579. The predicted molar refractivity (Wildman–Crippen MR) is 224 cm³/mol. The first-order valence-corrected chi connectivity index (χ1v) is 20.9. The number of aliphatic imine (C=N–C) groups is 1. The third kappa shape index (κ3) is 16.9. The molecule has 2 aromatic rings. The first-order valence-electron chi connectivity index (χ1n) is 17.8. The average molecular weight is 810 g/mol. The number of nitrogens with two attached hydrogens (primary N) is 1. The van der Waals surface area contributed by atoms with Crippen molar-refractivity contribution in [1.82, 2.24) is 4.90 Å². The van der Waals surface area contributed by atoms with Gasteiger partial charge in [0.05, 0.1) is 11.9 Å². The predicted octanol–water partition coefficient (Wildman–Crippen LogP) is 10.0. The van der Waals surface area contributed by atoms with Gasteiger partial charge in [-0.2, -0.15) is 4.99 Å². The molecule has 8 nitrogen and oxygen atoms in total. The summed E-state index contributed by atoms with van der Waals surface area (Å²) in [6, 6.07) is 15.3. The zero-order chi connectivity index (χ0) is 37.2. The lowest BCUT2D eigenvalue weighted by Gasteiger charge is -2.34. The fourth-order valence-electron chi connectivity index (χ4n) is 5.46. The topological polar surface area (TPSA) is 106 Å². The highest BCUT2D eigenvalue weighted by Gasteiger charge is 2.29. The maximum atomic E-state index is 12.4. The number of ether oxygens (including phenoxy) is 2. The van der Waals surface area contributed by atoms with Gasteiger partial charge in [-0.15, -0.1) is 9.24 Å². The molecule has 1 aliphatic carbocycles. The molecule has 0 aromatic heterocycles. The Morgan fingerprint density at radius 3 is 2.36 bits per heavy atom. The number of halogens is 1. The summed E-state index contributed by atoms with van der Waals surface area (Å²) in [5, 5.41) is 4.60. The van der Waals surface area contributed by atoms with Crippen LogP contribution in [0.4, 0.5) is 10.5 Å². The Balaban J connectivity index is 0.000000519. The largest absolute Gasteiger partial charge is 0.489 e. The molecule has 4 rings (SSSR count). The van der Waals surface area contributed by atoms with Crippen molar-refractivity contribution in [3.8, 4) is 5.75 Å². The number of nitrogens with zero attached hydrogens (tertiary/aromatic N) is 2. The van der Waals surface area contributed by atoms with E-state index in [1.165, 1.54) is 44.1 Å².